The smallest absolute Gasteiger partial charge is 0.295 e. The highest BCUT2D eigenvalue weighted by atomic mass is 16.8. The van der Waals surface area contributed by atoms with E-state index in [0.29, 0.717) is 0 Å². The minimum Gasteiger partial charge on any atom is -0.437 e. The zero-order chi connectivity index (χ0) is 34.0. The first-order valence-electron chi connectivity index (χ1n) is 14.3. The van der Waals surface area contributed by atoms with Crippen LogP contribution in [0.1, 0.15) is 0 Å². The molecule has 3 heterocycles. The summed E-state index contributed by atoms with van der Waals surface area (Å²) in [7, 11) is 0. The quantitative estimate of drug-likeness (QED) is 0.0224. The molecule has 3 aliphatic heterocycles. The molecular weight excluding hydrogens is 632 g/mol. The van der Waals surface area contributed by atoms with Crippen molar-refractivity contribution in [2.24, 2.45) is 11.0 Å². The van der Waals surface area contributed by atoms with E-state index < -0.39 is 125 Å². The van der Waals surface area contributed by atoms with Crippen molar-refractivity contribution in [3.05, 3.63) is 10.4 Å². The van der Waals surface area contributed by atoms with Gasteiger partial charge in [-0.05, 0) is 5.53 Å². The minimum absolute atomic E-state index is 0.0186. The van der Waals surface area contributed by atoms with E-state index >= 15 is 0 Å². The number of rotatable bonds is 17. The number of aliphatic hydroxyl groups is 10. The van der Waals surface area contributed by atoms with Gasteiger partial charge in [-0.25, -0.2) is 0 Å². The van der Waals surface area contributed by atoms with Crippen LogP contribution in [0.3, 0.4) is 0 Å². The summed E-state index contributed by atoms with van der Waals surface area (Å²) in [6, 6.07) is 0. The number of carbonyl (C=O) groups excluding carboxylic acids is 1. The first-order valence-corrected chi connectivity index (χ1v) is 14.3. The molecule has 0 bridgehead atoms. The van der Waals surface area contributed by atoms with Gasteiger partial charge in [-0.2, -0.15) is 0 Å². The highest BCUT2D eigenvalue weighted by Gasteiger charge is 2.51. The summed E-state index contributed by atoms with van der Waals surface area (Å²) in [5, 5.41) is 109. The molecule has 3 saturated heterocycles. The summed E-state index contributed by atoms with van der Waals surface area (Å²) in [4.78, 5) is 13.4. The molecule has 8 unspecified atom stereocenters. The highest BCUT2D eigenvalue weighted by Crippen LogP contribution is 2.32. The molecule has 0 aliphatic carbocycles. The lowest BCUT2D eigenvalue weighted by Crippen LogP contribution is -2.63. The predicted octanol–water partition coefficient (Wildman–Crippen LogP) is -6.90. The van der Waals surface area contributed by atoms with Gasteiger partial charge in [-0.15, -0.1) is 0 Å². The molecule has 0 amide bonds. The Morgan fingerprint density at radius 3 is 2.26 bits per heavy atom. The van der Waals surface area contributed by atoms with Crippen molar-refractivity contribution >= 4 is 6.47 Å². The minimum atomic E-state index is -1.85. The Morgan fingerprint density at radius 2 is 1.61 bits per heavy atom. The fraction of sp³-hybridized carbons (Fsp3) is 0.958. The molecule has 46 heavy (non-hydrogen) atoms. The van der Waals surface area contributed by atoms with Crippen molar-refractivity contribution in [3.8, 4) is 0 Å². The summed E-state index contributed by atoms with van der Waals surface area (Å²) in [5.41, 5.74) is 8.28. The predicted molar refractivity (Wildman–Crippen MR) is 143 cm³/mol. The van der Waals surface area contributed by atoms with Gasteiger partial charge in [-0.1, -0.05) is 5.11 Å². The second kappa shape index (κ2) is 18.6. The van der Waals surface area contributed by atoms with Gasteiger partial charge < -0.3 is 89.5 Å². The summed E-state index contributed by atoms with van der Waals surface area (Å²) in [6.07, 6.45) is -24.8. The summed E-state index contributed by atoms with van der Waals surface area (Å²) in [6.45, 7) is -2.46. The number of azide groups is 1. The second-order valence-corrected chi connectivity index (χ2v) is 10.7. The van der Waals surface area contributed by atoms with Gasteiger partial charge in [0.15, 0.2) is 18.9 Å². The van der Waals surface area contributed by atoms with Crippen LogP contribution >= 0.6 is 0 Å². The van der Waals surface area contributed by atoms with E-state index in [1.807, 2.05) is 0 Å². The Kier molecular flexibility index (Phi) is 15.6. The average Bonchev–Trinajstić information content (AvgIpc) is 3.04. The number of hydrogen-bond acceptors (Lipinski definition) is 20. The van der Waals surface area contributed by atoms with Crippen LogP contribution < -0.4 is 5.32 Å². The lowest BCUT2D eigenvalue weighted by molar-refractivity contribution is -0.384. The number of nitrogens with zero attached hydrogens (tertiary/aromatic N) is 3. The second-order valence-electron chi connectivity index (χ2n) is 10.7. The summed E-state index contributed by atoms with van der Waals surface area (Å²) in [5.74, 6) is -1.25. The van der Waals surface area contributed by atoms with Crippen LogP contribution in [0, 0.1) is 5.92 Å². The van der Waals surface area contributed by atoms with Crippen molar-refractivity contribution in [2.45, 2.75) is 92.3 Å². The monoisotopic (exact) mass is 674 g/mol. The molecule has 0 aromatic rings. The van der Waals surface area contributed by atoms with Crippen molar-refractivity contribution in [2.75, 3.05) is 46.1 Å². The molecule has 3 rings (SSSR count). The maximum Gasteiger partial charge on any atom is 0.295 e. The van der Waals surface area contributed by atoms with Crippen LogP contribution in [0.25, 0.3) is 10.4 Å². The first kappa shape index (κ1) is 38.5. The van der Waals surface area contributed by atoms with E-state index in [1.54, 1.807) is 0 Å². The zero-order valence-corrected chi connectivity index (χ0v) is 24.3. The Bertz CT molecular complexity index is 968. The molecule has 266 valence electrons. The van der Waals surface area contributed by atoms with Gasteiger partial charge in [0, 0.05) is 24.5 Å². The molecule has 0 radical (unpaired) electrons. The van der Waals surface area contributed by atoms with Crippen LogP contribution in [-0.2, 0) is 38.0 Å². The van der Waals surface area contributed by atoms with Crippen molar-refractivity contribution in [3.63, 3.8) is 0 Å². The van der Waals surface area contributed by atoms with Crippen molar-refractivity contribution in [1.82, 2.24) is 5.32 Å². The lowest BCUT2D eigenvalue weighted by Gasteiger charge is -2.46. The number of aliphatic hydroxyl groups excluding tert-OH is 10. The standard InChI is InChI=1S/C24H42N4O18/c25-28-27-2-1-26-3-10(32)15(35)12(5-30)43-22-19(39)17(37)13(7-41-22)44-24-20(16(36)11(33)6-40-24)45-23-18(38)14(34)9(4-29)21(46-23)42-8-31/h8-24,26,29-30,32-39H,1-7H2/t9-,10?,11+,12?,13+,14-,15?,16?,17-,18?,19?,20?,21?,22-,23-,24-/m0/s1. The molecule has 11 N–H and O–H groups in total. The van der Waals surface area contributed by atoms with Crippen LogP contribution in [0.15, 0.2) is 5.11 Å². The summed E-state index contributed by atoms with van der Waals surface area (Å²) < 4.78 is 37.6. The Morgan fingerprint density at radius 1 is 0.913 bits per heavy atom. The van der Waals surface area contributed by atoms with Crippen LogP contribution in [0.2, 0.25) is 0 Å². The maximum atomic E-state index is 10.9. The van der Waals surface area contributed by atoms with Crippen LogP contribution in [0.5, 0.6) is 0 Å². The first-order chi connectivity index (χ1) is 22.0. The highest BCUT2D eigenvalue weighted by molar-refractivity contribution is 5.37. The molecule has 16 atom stereocenters. The molecule has 22 nitrogen and oxygen atoms in total. The molecule has 0 spiro atoms. The SMILES string of the molecule is [N-]=[N+]=NCCNCC(O)C(O)C(CO)O[C@@H]1OC[C@@H](O[C@@H]2OC[C@@H](O)C(O)C2O[C@H]2OC(OC=O)[C@@H](CO)[C@H](O)C2O)[C@H](O)C1O. The van der Waals surface area contributed by atoms with Crippen molar-refractivity contribution in [1.29, 1.82) is 0 Å². The molecule has 3 fully saturated rings. The third-order valence-electron chi connectivity index (χ3n) is 7.62. The van der Waals surface area contributed by atoms with E-state index in [2.05, 4.69) is 15.3 Å². The number of ether oxygens (including phenoxy) is 7. The van der Waals surface area contributed by atoms with Crippen LogP contribution in [0.4, 0.5) is 0 Å². The normalized spacial score (nSPS) is 40.3. The average molecular weight is 675 g/mol. The van der Waals surface area contributed by atoms with E-state index in [0.717, 1.165) is 0 Å². The van der Waals surface area contributed by atoms with E-state index in [-0.39, 0.29) is 26.1 Å². The zero-order valence-electron chi connectivity index (χ0n) is 24.3. The van der Waals surface area contributed by atoms with Gasteiger partial charge in [0.05, 0.1) is 44.6 Å². The van der Waals surface area contributed by atoms with Gasteiger partial charge in [0.25, 0.3) is 6.47 Å². The summed E-state index contributed by atoms with van der Waals surface area (Å²) >= 11 is 0. The van der Waals surface area contributed by atoms with Crippen LogP contribution in [-0.4, -0.2) is 196 Å². The Hall–Kier alpha value is -1.90. The molecule has 22 heteroatoms. The third kappa shape index (κ3) is 9.59. The van der Waals surface area contributed by atoms with Gasteiger partial charge >= 0.3 is 0 Å². The van der Waals surface area contributed by atoms with Gasteiger partial charge in [0.2, 0.25) is 6.29 Å². The van der Waals surface area contributed by atoms with E-state index in [9.17, 15) is 55.9 Å². The topological polar surface area (TPSA) is 345 Å². The fourth-order valence-corrected chi connectivity index (χ4v) is 4.94. The van der Waals surface area contributed by atoms with E-state index in [1.165, 1.54) is 0 Å². The van der Waals surface area contributed by atoms with Gasteiger partial charge in [-0.3, -0.25) is 4.79 Å². The largest absolute Gasteiger partial charge is 0.437 e. The number of hydrogen-bond donors (Lipinski definition) is 11. The molecule has 0 aromatic heterocycles. The fourth-order valence-electron chi connectivity index (χ4n) is 4.94. The number of nitrogens with one attached hydrogen (secondary N) is 1. The van der Waals surface area contributed by atoms with Crippen molar-refractivity contribution < 1.29 is 89.0 Å². The van der Waals surface area contributed by atoms with Gasteiger partial charge in [0.1, 0.15) is 54.9 Å². The third-order valence-corrected chi connectivity index (χ3v) is 7.62. The Labute approximate surface area is 261 Å². The Balaban J connectivity index is 1.62. The number of carbonyl (C=O) groups is 1. The molecule has 3 aliphatic rings. The maximum absolute atomic E-state index is 10.9. The molecular formula is C24H42N4O18. The molecule has 0 aromatic carbocycles. The molecule has 0 saturated carbocycles. The lowest BCUT2D eigenvalue weighted by atomic mass is 9.94. The van der Waals surface area contributed by atoms with E-state index in [4.69, 9.17) is 38.7 Å².